The third kappa shape index (κ3) is 2.49. The number of rotatable bonds is 1. The molecule has 134 valence electrons. The monoisotopic (exact) mass is 413 g/mol. The van der Waals surface area contributed by atoms with E-state index in [1.807, 2.05) is 69.3 Å². The van der Waals surface area contributed by atoms with Gasteiger partial charge in [0.05, 0.1) is 6.04 Å². The van der Waals surface area contributed by atoms with Crippen LogP contribution in [0.2, 0.25) is 0 Å². The summed E-state index contributed by atoms with van der Waals surface area (Å²) in [6.07, 6.45) is 0.0761. The van der Waals surface area contributed by atoms with Gasteiger partial charge in [-0.15, -0.1) is 0 Å². The highest BCUT2D eigenvalue weighted by Crippen LogP contribution is 2.61. The van der Waals surface area contributed by atoms with Crippen LogP contribution in [0, 0.1) is 0 Å². The lowest BCUT2D eigenvalue weighted by Crippen LogP contribution is -2.33. The van der Waals surface area contributed by atoms with Gasteiger partial charge in [-0.05, 0) is 38.0 Å². The van der Waals surface area contributed by atoms with Crippen LogP contribution >= 0.6 is 15.9 Å². The lowest BCUT2D eigenvalue weighted by molar-refractivity contribution is 0.0363. The van der Waals surface area contributed by atoms with Crippen molar-refractivity contribution in [1.29, 1.82) is 0 Å². The van der Waals surface area contributed by atoms with Crippen molar-refractivity contribution in [3.8, 4) is 0 Å². The Morgan fingerprint density at radius 1 is 1.15 bits per heavy atom. The number of halogens is 1. The van der Waals surface area contributed by atoms with E-state index in [-0.39, 0.29) is 11.8 Å². The Hall–Kier alpha value is -2.14. The number of carbonyl (C=O) groups excluding carboxylic acids is 2. The first kappa shape index (κ1) is 17.3. The average Bonchev–Trinajstić information content (AvgIpc) is 3.13. The van der Waals surface area contributed by atoms with Gasteiger partial charge >= 0.3 is 6.09 Å². The molecule has 2 aromatic carbocycles. The molecule has 0 saturated carbocycles. The molecule has 26 heavy (non-hydrogen) atoms. The highest BCUT2D eigenvalue weighted by atomic mass is 79.9. The van der Waals surface area contributed by atoms with Crippen LogP contribution in [0.25, 0.3) is 0 Å². The number of carbonyl (C=O) groups is 2. The van der Waals surface area contributed by atoms with Crippen LogP contribution in [-0.4, -0.2) is 27.9 Å². The summed E-state index contributed by atoms with van der Waals surface area (Å²) < 4.78 is 6.49. The standard InChI is InChI=1S/C21H20BrNO3/c1-20(2,3)26-19(25)23-17(15-10-6-7-11-16(15)22)21(23)12-13-8-4-5-9-14(13)18(21)24/h4-11,17H,12H2,1-3H3/t17-,21+,23?/m0/s1. The molecule has 0 aromatic heterocycles. The van der Waals surface area contributed by atoms with E-state index in [4.69, 9.17) is 4.74 Å². The van der Waals surface area contributed by atoms with E-state index in [2.05, 4.69) is 15.9 Å². The van der Waals surface area contributed by atoms with Crippen LogP contribution in [0.5, 0.6) is 0 Å². The molecule has 5 heteroatoms. The second-order valence-electron chi connectivity index (χ2n) is 7.86. The molecule has 4 rings (SSSR count). The maximum absolute atomic E-state index is 13.3. The zero-order valence-electron chi connectivity index (χ0n) is 15.0. The first-order chi connectivity index (χ1) is 12.3. The summed E-state index contributed by atoms with van der Waals surface area (Å²) in [6.45, 7) is 5.50. The van der Waals surface area contributed by atoms with Gasteiger partial charge in [0.1, 0.15) is 11.1 Å². The average molecular weight is 414 g/mol. The minimum atomic E-state index is -0.879. The smallest absolute Gasteiger partial charge is 0.411 e. The largest absolute Gasteiger partial charge is 0.444 e. The van der Waals surface area contributed by atoms with Crippen molar-refractivity contribution >= 4 is 27.8 Å². The number of nitrogens with zero attached hydrogens (tertiary/aromatic N) is 1. The van der Waals surface area contributed by atoms with Crippen molar-refractivity contribution in [1.82, 2.24) is 4.90 Å². The minimum absolute atomic E-state index is 0.000266. The Morgan fingerprint density at radius 3 is 2.46 bits per heavy atom. The van der Waals surface area contributed by atoms with Gasteiger partial charge < -0.3 is 4.74 Å². The van der Waals surface area contributed by atoms with Crippen molar-refractivity contribution in [2.75, 3.05) is 0 Å². The number of fused-ring (bicyclic) bond motifs is 1. The van der Waals surface area contributed by atoms with E-state index in [9.17, 15) is 9.59 Å². The van der Waals surface area contributed by atoms with E-state index in [1.54, 1.807) is 4.90 Å². The third-order valence-corrected chi connectivity index (χ3v) is 5.70. The van der Waals surface area contributed by atoms with Gasteiger partial charge in [-0.3, -0.25) is 9.69 Å². The molecule has 1 spiro atoms. The number of hydrogen-bond donors (Lipinski definition) is 0. The molecule has 2 atom stereocenters. The molecule has 0 bridgehead atoms. The number of hydrogen-bond acceptors (Lipinski definition) is 3. The molecule has 1 fully saturated rings. The lowest BCUT2D eigenvalue weighted by atomic mass is 9.95. The zero-order valence-corrected chi connectivity index (χ0v) is 16.5. The Balaban J connectivity index is 1.78. The minimum Gasteiger partial charge on any atom is -0.444 e. The summed E-state index contributed by atoms with van der Waals surface area (Å²) >= 11 is 3.57. The van der Waals surface area contributed by atoms with Gasteiger partial charge in [-0.1, -0.05) is 58.4 Å². The van der Waals surface area contributed by atoms with Gasteiger partial charge in [-0.25, -0.2) is 4.79 Å². The van der Waals surface area contributed by atoms with Crippen LogP contribution in [0.3, 0.4) is 0 Å². The predicted molar refractivity (Wildman–Crippen MR) is 102 cm³/mol. The first-order valence-electron chi connectivity index (χ1n) is 8.65. The number of Topliss-reactive ketones (excluding diaryl/α,β-unsaturated/α-hetero) is 1. The van der Waals surface area contributed by atoms with Gasteiger partial charge in [0.15, 0.2) is 5.78 Å². The van der Waals surface area contributed by atoms with E-state index >= 15 is 0 Å². The molecule has 1 saturated heterocycles. The summed E-state index contributed by atoms with van der Waals surface area (Å²) in [5.74, 6) is -0.000266. The molecule has 2 aromatic rings. The van der Waals surface area contributed by atoms with Crippen LogP contribution in [0.1, 0.15) is 48.3 Å². The quantitative estimate of drug-likeness (QED) is 0.623. The maximum Gasteiger partial charge on any atom is 0.411 e. The Bertz CT molecular complexity index is 917. The fraction of sp³-hybridized carbons (Fsp3) is 0.333. The molecule has 1 amide bonds. The van der Waals surface area contributed by atoms with Crippen molar-refractivity contribution in [3.63, 3.8) is 0 Å². The van der Waals surface area contributed by atoms with E-state index < -0.39 is 17.2 Å². The molecular formula is C21H20BrNO3. The van der Waals surface area contributed by atoms with Crippen LogP contribution in [0.4, 0.5) is 4.79 Å². The Morgan fingerprint density at radius 2 is 1.81 bits per heavy atom. The normalized spacial score (nSPS) is 23.9. The lowest BCUT2D eigenvalue weighted by Gasteiger charge is -2.21. The van der Waals surface area contributed by atoms with Crippen molar-refractivity contribution < 1.29 is 14.3 Å². The molecular weight excluding hydrogens is 394 g/mol. The molecule has 1 aliphatic heterocycles. The fourth-order valence-electron chi connectivity index (χ4n) is 3.92. The SMILES string of the molecule is CC(C)(C)OC(=O)N1[C@@H](c2ccccc2Br)[C@@]12Cc1ccccc1C2=O. The number of ether oxygens (including phenoxy) is 1. The first-order valence-corrected chi connectivity index (χ1v) is 9.44. The van der Waals surface area contributed by atoms with E-state index in [0.29, 0.717) is 12.0 Å². The summed E-state index contributed by atoms with van der Waals surface area (Å²) in [6, 6.07) is 15.0. The Kier molecular flexibility index (Phi) is 3.77. The van der Waals surface area contributed by atoms with Crippen molar-refractivity contribution in [3.05, 3.63) is 69.7 Å². The van der Waals surface area contributed by atoms with Gasteiger partial charge in [0.2, 0.25) is 0 Å². The van der Waals surface area contributed by atoms with Gasteiger partial charge in [0, 0.05) is 16.5 Å². The van der Waals surface area contributed by atoms with E-state index in [0.717, 1.165) is 15.6 Å². The molecule has 1 heterocycles. The van der Waals surface area contributed by atoms with Crippen LogP contribution in [0.15, 0.2) is 53.0 Å². The highest BCUT2D eigenvalue weighted by Gasteiger charge is 2.73. The molecule has 2 aliphatic rings. The molecule has 1 aliphatic carbocycles. The van der Waals surface area contributed by atoms with Gasteiger partial charge in [-0.2, -0.15) is 0 Å². The van der Waals surface area contributed by atoms with Crippen molar-refractivity contribution in [2.45, 2.75) is 44.4 Å². The summed E-state index contributed by atoms with van der Waals surface area (Å²) in [7, 11) is 0. The van der Waals surface area contributed by atoms with Crippen LogP contribution < -0.4 is 0 Å². The number of ketones is 1. The summed E-state index contributed by atoms with van der Waals surface area (Å²) in [5.41, 5.74) is 1.12. The predicted octanol–water partition coefficient (Wildman–Crippen LogP) is 4.92. The molecule has 0 N–H and O–H groups in total. The van der Waals surface area contributed by atoms with E-state index in [1.165, 1.54) is 0 Å². The van der Waals surface area contributed by atoms with Gasteiger partial charge in [0.25, 0.3) is 0 Å². The zero-order chi connectivity index (χ0) is 18.7. The highest BCUT2D eigenvalue weighted by molar-refractivity contribution is 9.10. The fourth-order valence-corrected chi connectivity index (χ4v) is 4.42. The molecule has 4 nitrogen and oxygen atoms in total. The Labute approximate surface area is 161 Å². The summed E-state index contributed by atoms with van der Waals surface area (Å²) in [4.78, 5) is 27.8. The molecule has 0 unspecified atom stereocenters. The number of amides is 1. The maximum atomic E-state index is 13.3. The van der Waals surface area contributed by atoms with Crippen LogP contribution in [-0.2, 0) is 11.2 Å². The topological polar surface area (TPSA) is 46.4 Å². The number of benzene rings is 2. The second kappa shape index (κ2) is 5.68. The van der Waals surface area contributed by atoms with Crippen molar-refractivity contribution in [2.24, 2.45) is 0 Å². The molecule has 0 radical (unpaired) electrons. The third-order valence-electron chi connectivity index (χ3n) is 4.98. The summed E-state index contributed by atoms with van der Waals surface area (Å²) in [5, 5.41) is 0. The second-order valence-corrected chi connectivity index (χ2v) is 8.72.